The summed E-state index contributed by atoms with van der Waals surface area (Å²) in [5.41, 5.74) is -0.638. The van der Waals surface area contributed by atoms with Crippen LogP contribution in [0.5, 0.6) is 0 Å². The Labute approximate surface area is 162 Å². The number of likely N-dealkylation sites (tertiary alicyclic amines) is 1. The van der Waals surface area contributed by atoms with Crippen LogP contribution in [0.25, 0.3) is 0 Å². The third kappa shape index (κ3) is 6.38. The highest BCUT2D eigenvalue weighted by atomic mass is 127. The zero-order valence-electron chi connectivity index (χ0n) is 15.0. The van der Waals surface area contributed by atoms with Gasteiger partial charge in [0.1, 0.15) is 0 Å². The number of amides is 1. The van der Waals surface area contributed by atoms with Crippen LogP contribution in [0.4, 0.5) is 0 Å². The van der Waals surface area contributed by atoms with Gasteiger partial charge in [-0.05, 0) is 26.2 Å². The highest BCUT2D eigenvalue weighted by Gasteiger charge is 2.29. The van der Waals surface area contributed by atoms with Crippen LogP contribution in [0.1, 0.15) is 58.8 Å². The molecular weight excluding hydrogens is 419 g/mol. The van der Waals surface area contributed by atoms with E-state index in [0.717, 1.165) is 57.7 Å². The van der Waals surface area contributed by atoms with Gasteiger partial charge in [-0.1, -0.05) is 26.2 Å². The molecule has 140 valence electrons. The quantitative estimate of drug-likeness (QED) is 0.338. The van der Waals surface area contributed by atoms with E-state index in [1.165, 1.54) is 6.42 Å². The molecule has 0 aromatic carbocycles. The molecule has 0 aromatic rings. The predicted molar refractivity (Wildman–Crippen MR) is 108 cm³/mol. The molecule has 0 radical (unpaired) electrons. The van der Waals surface area contributed by atoms with Crippen LogP contribution >= 0.6 is 24.0 Å². The van der Waals surface area contributed by atoms with Crippen molar-refractivity contribution >= 4 is 35.8 Å². The molecule has 1 atom stereocenters. The molecule has 3 N–H and O–H groups in total. The number of aliphatic hydroxyl groups is 1. The van der Waals surface area contributed by atoms with Gasteiger partial charge in [-0.15, -0.1) is 24.0 Å². The van der Waals surface area contributed by atoms with Gasteiger partial charge in [-0.3, -0.25) is 9.79 Å². The van der Waals surface area contributed by atoms with Gasteiger partial charge in [0.15, 0.2) is 5.96 Å². The van der Waals surface area contributed by atoms with Crippen molar-refractivity contribution in [2.75, 3.05) is 26.2 Å². The monoisotopic (exact) mass is 452 g/mol. The first-order valence-electron chi connectivity index (χ1n) is 9.11. The fourth-order valence-corrected chi connectivity index (χ4v) is 3.44. The summed E-state index contributed by atoms with van der Waals surface area (Å²) in [6.07, 6.45) is 6.59. The second-order valence-corrected chi connectivity index (χ2v) is 6.80. The second-order valence-electron chi connectivity index (χ2n) is 6.80. The van der Waals surface area contributed by atoms with Crippen molar-refractivity contribution in [3.05, 3.63) is 0 Å². The predicted octanol–water partition coefficient (Wildman–Crippen LogP) is 1.87. The molecule has 0 spiro atoms. The molecule has 24 heavy (non-hydrogen) atoms. The normalized spacial score (nSPS) is 23.5. The fourth-order valence-electron chi connectivity index (χ4n) is 3.44. The third-order valence-electron chi connectivity index (χ3n) is 4.84. The molecule has 7 heteroatoms. The number of hydrogen-bond acceptors (Lipinski definition) is 3. The van der Waals surface area contributed by atoms with Crippen molar-refractivity contribution in [3.63, 3.8) is 0 Å². The minimum atomic E-state index is -0.638. The van der Waals surface area contributed by atoms with Gasteiger partial charge < -0.3 is 20.6 Å². The van der Waals surface area contributed by atoms with Crippen molar-refractivity contribution < 1.29 is 9.90 Å². The van der Waals surface area contributed by atoms with E-state index in [9.17, 15) is 9.90 Å². The summed E-state index contributed by atoms with van der Waals surface area (Å²) in [7, 11) is 0. The number of halogens is 1. The molecule has 2 rings (SSSR count). The lowest BCUT2D eigenvalue weighted by molar-refractivity contribution is -0.129. The molecule has 1 aliphatic carbocycles. The number of hydrogen-bond donors (Lipinski definition) is 3. The molecule has 6 nitrogen and oxygen atoms in total. The largest absolute Gasteiger partial charge is 0.388 e. The van der Waals surface area contributed by atoms with Crippen molar-refractivity contribution in [1.29, 1.82) is 0 Å². The van der Waals surface area contributed by atoms with E-state index in [4.69, 9.17) is 0 Å². The molecule has 1 heterocycles. The maximum absolute atomic E-state index is 11.8. The second kappa shape index (κ2) is 10.4. The molecule has 1 saturated carbocycles. The first-order valence-corrected chi connectivity index (χ1v) is 9.11. The number of carbonyl (C=O) groups excluding carboxylic acids is 1. The van der Waals surface area contributed by atoms with Gasteiger partial charge in [0.05, 0.1) is 12.1 Å². The Balaban J connectivity index is 0.00000288. The van der Waals surface area contributed by atoms with Gasteiger partial charge in [0.25, 0.3) is 0 Å². The standard InChI is InChI=1S/C17H32N4O2.HI/c1-3-15(22)21-11-8-14(12-21)20-16(18-4-2)19-13-17(23)9-6-5-7-10-17;/h14,23H,3-13H2,1-2H3,(H2,18,19,20);1H. The molecular formula is C17H33IN4O2. The van der Waals surface area contributed by atoms with E-state index >= 15 is 0 Å². The zero-order valence-corrected chi connectivity index (χ0v) is 17.3. The minimum absolute atomic E-state index is 0. The van der Waals surface area contributed by atoms with E-state index < -0.39 is 5.60 Å². The lowest BCUT2D eigenvalue weighted by atomic mass is 9.85. The van der Waals surface area contributed by atoms with Crippen molar-refractivity contribution in [2.24, 2.45) is 4.99 Å². The van der Waals surface area contributed by atoms with E-state index in [1.54, 1.807) is 0 Å². The van der Waals surface area contributed by atoms with Crippen LogP contribution in [0.3, 0.4) is 0 Å². The van der Waals surface area contributed by atoms with Gasteiger partial charge in [-0.2, -0.15) is 0 Å². The van der Waals surface area contributed by atoms with Crippen molar-refractivity contribution in [1.82, 2.24) is 15.5 Å². The summed E-state index contributed by atoms with van der Waals surface area (Å²) in [6, 6.07) is 0.240. The number of rotatable bonds is 5. The van der Waals surface area contributed by atoms with Gasteiger partial charge in [-0.25, -0.2) is 0 Å². The first kappa shape index (κ1) is 21.5. The Morgan fingerprint density at radius 3 is 2.62 bits per heavy atom. The van der Waals surface area contributed by atoms with Crippen molar-refractivity contribution in [3.8, 4) is 0 Å². The maximum atomic E-state index is 11.8. The fraction of sp³-hybridized carbons (Fsp3) is 0.882. The Hall–Kier alpha value is -0.570. The molecule has 2 aliphatic rings. The Morgan fingerprint density at radius 2 is 2.00 bits per heavy atom. The summed E-state index contributed by atoms with van der Waals surface area (Å²) in [4.78, 5) is 18.3. The lowest BCUT2D eigenvalue weighted by Crippen LogP contribution is -2.46. The third-order valence-corrected chi connectivity index (χ3v) is 4.84. The average Bonchev–Trinajstić information content (AvgIpc) is 3.01. The zero-order chi connectivity index (χ0) is 16.7. The highest BCUT2D eigenvalue weighted by molar-refractivity contribution is 14.0. The molecule has 1 aliphatic heterocycles. The Morgan fingerprint density at radius 1 is 1.29 bits per heavy atom. The maximum Gasteiger partial charge on any atom is 0.222 e. The van der Waals surface area contributed by atoms with Gasteiger partial charge in [0.2, 0.25) is 5.91 Å². The van der Waals surface area contributed by atoms with Crippen LogP contribution in [-0.2, 0) is 4.79 Å². The molecule has 2 fully saturated rings. The summed E-state index contributed by atoms with van der Waals surface area (Å²) in [5, 5.41) is 17.2. The lowest BCUT2D eigenvalue weighted by Gasteiger charge is -2.30. The van der Waals surface area contributed by atoms with E-state index in [1.807, 2.05) is 18.7 Å². The van der Waals surface area contributed by atoms with Crippen LogP contribution in [0, 0.1) is 0 Å². The van der Waals surface area contributed by atoms with Crippen molar-refractivity contribution in [2.45, 2.75) is 70.4 Å². The summed E-state index contributed by atoms with van der Waals surface area (Å²) in [5.74, 6) is 0.968. The van der Waals surface area contributed by atoms with Crippen LogP contribution in [-0.4, -0.2) is 59.7 Å². The molecule has 1 unspecified atom stereocenters. The SMILES string of the molecule is CCNC(=NCC1(O)CCCCC1)NC1CCN(C(=O)CC)C1.I. The van der Waals surface area contributed by atoms with Crippen LogP contribution in [0.15, 0.2) is 4.99 Å². The topological polar surface area (TPSA) is 77.0 Å². The smallest absolute Gasteiger partial charge is 0.222 e. The van der Waals surface area contributed by atoms with E-state index in [-0.39, 0.29) is 35.9 Å². The summed E-state index contributed by atoms with van der Waals surface area (Å²) in [6.45, 7) is 6.73. The Bertz CT molecular complexity index is 425. The van der Waals surface area contributed by atoms with Crippen LogP contribution < -0.4 is 10.6 Å². The average molecular weight is 452 g/mol. The summed E-state index contributed by atoms with van der Waals surface area (Å²) >= 11 is 0. The minimum Gasteiger partial charge on any atom is -0.388 e. The number of nitrogens with one attached hydrogen (secondary N) is 2. The highest BCUT2D eigenvalue weighted by Crippen LogP contribution is 2.28. The summed E-state index contributed by atoms with van der Waals surface area (Å²) < 4.78 is 0. The first-order chi connectivity index (χ1) is 11.1. The van der Waals surface area contributed by atoms with E-state index in [2.05, 4.69) is 15.6 Å². The number of guanidine groups is 1. The van der Waals surface area contributed by atoms with Crippen LogP contribution in [0.2, 0.25) is 0 Å². The Kier molecular flexibility index (Phi) is 9.33. The molecule has 0 bridgehead atoms. The number of aliphatic imine (C=N–C) groups is 1. The number of nitrogens with zero attached hydrogens (tertiary/aromatic N) is 2. The molecule has 1 amide bonds. The number of carbonyl (C=O) groups is 1. The molecule has 1 saturated heterocycles. The van der Waals surface area contributed by atoms with Gasteiger partial charge in [0, 0.05) is 32.1 Å². The van der Waals surface area contributed by atoms with Gasteiger partial charge >= 0.3 is 0 Å². The molecule has 0 aromatic heterocycles. The van der Waals surface area contributed by atoms with E-state index in [0.29, 0.717) is 13.0 Å².